The molecular formula is C17H19N3O2S. The smallest absolute Gasteiger partial charge is 0.318 e. The van der Waals surface area contributed by atoms with Gasteiger partial charge in [-0.1, -0.05) is 17.7 Å². The molecule has 0 bridgehead atoms. The third-order valence-electron chi connectivity index (χ3n) is 3.27. The van der Waals surface area contributed by atoms with Gasteiger partial charge in [0.1, 0.15) is 0 Å². The van der Waals surface area contributed by atoms with Gasteiger partial charge in [-0.05, 0) is 45.9 Å². The van der Waals surface area contributed by atoms with E-state index in [9.17, 15) is 9.59 Å². The van der Waals surface area contributed by atoms with Gasteiger partial charge in [0.05, 0.1) is 5.71 Å². The molecule has 0 fully saturated rings. The fraction of sp³-hybridized carbons (Fsp3) is 0.235. The van der Waals surface area contributed by atoms with Gasteiger partial charge >= 0.3 is 11.8 Å². The molecule has 0 spiro atoms. The molecule has 0 atom stereocenters. The molecule has 5 nitrogen and oxygen atoms in total. The normalized spacial score (nSPS) is 11.2. The Labute approximate surface area is 139 Å². The first kappa shape index (κ1) is 16.9. The lowest BCUT2D eigenvalue weighted by atomic mass is 10.2. The Kier molecular flexibility index (Phi) is 5.28. The zero-order chi connectivity index (χ0) is 17.0. The predicted octanol–water partition coefficient (Wildman–Crippen LogP) is 3.15. The Balaban J connectivity index is 1.98. The van der Waals surface area contributed by atoms with Crippen molar-refractivity contribution in [1.82, 2.24) is 5.43 Å². The number of hydrogen-bond donors (Lipinski definition) is 2. The molecule has 120 valence electrons. The summed E-state index contributed by atoms with van der Waals surface area (Å²) in [7, 11) is 0. The number of nitrogens with zero attached hydrogens (tertiary/aromatic N) is 1. The summed E-state index contributed by atoms with van der Waals surface area (Å²) in [6.07, 6.45) is 0. The Morgan fingerprint density at radius 3 is 2.26 bits per heavy atom. The number of thiophene rings is 1. The highest BCUT2D eigenvalue weighted by Crippen LogP contribution is 2.21. The fourth-order valence-electron chi connectivity index (χ4n) is 2.06. The lowest BCUT2D eigenvalue weighted by molar-refractivity contribution is -0.136. The van der Waals surface area contributed by atoms with E-state index in [4.69, 9.17) is 0 Å². The molecule has 6 heteroatoms. The molecule has 1 heterocycles. The topological polar surface area (TPSA) is 70.6 Å². The molecule has 1 aromatic heterocycles. The van der Waals surface area contributed by atoms with Crippen molar-refractivity contribution in [2.45, 2.75) is 27.7 Å². The lowest BCUT2D eigenvalue weighted by Crippen LogP contribution is -2.32. The molecule has 0 saturated carbocycles. The predicted molar refractivity (Wildman–Crippen MR) is 94.0 cm³/mol. The maximum Gasteiger partial charge on any atom is 0.329 e. The zero-order valence-electron chi connectivity index (χ0n) is 13.6. The Morgan fingerprint density at radius 2 is 1.70 bits per heavy atom. The molecule has 0 aliphatic rings. The fourth-order valence-corrected chi connectivity index (χ4v) is 3.04. The molecule has 2 N–H and O–H groups in total. The molecule has 2 aromatic rings. The van der Waals surface area contributed by atoms with E-state index < -0.39 is 11.8 Å². The lowest BCUT2D eigenvalue weighted by Gasteiger charge is -2.05. The second-order valence-corrected chi connectivity index (χ2v) is 6.75. The molecule has 0 unspecified atom stereocenters. The quantitative estimate of drug-likeness (QED) is 0.516. The van der Waals surface area contributed by atoms with Gasteiger partial charge in [0.15, 0.2) is 0 Å². The summed E-state index contributed by atoms with van der Waals surface area (Å²) in [4.78, 5) is 25.9. The van der Waals surface area contributed by atoms with E-state index in [-0.39, 0.29) is 0 Å². The maximum atomic E-state index is 11.8. The number of benzene rings is 1. The van der Waals surface area contributed by atoms with Crippen LogP contribution in [0.3, 0.4) is 0 Å². The van der Waals surface area contributed by atoms with E-state index in [1.165, 1.54) is 4.88 Å². The van der Waals surface area contributed by atoms with Gasteiger partial charge in [-0.2, -0.15) is 5.10 Å². The van der Waals surface area contributed by atoms with E-state index in [1.54, 1.807) is 30.4 Å². The molecule has 0 radical (unpaired) electrons. The van der Waals surface area contributed by atoms with Gasteiger partial charge in [0.2, 0.25) is 0 Å². The van der Waals surface area contributed by atoms with Crippen molar-refractivity contribution in [1.29, 1.82) is 0 Å². The number of hydrogen-bond acceptors (Lipinski definition) is 4. The minimum Gasteiger partial charge on any atom is -0.318 e. The minimum atomic E-state index is -0.797. The van der Waals surface area contributed by atoms with Gasteiger partial charge < -0.3 is 5.32 Å². The van der Waals surface area contributed by atoms with Crippen LogP contribution in [-0.2, 0) is 9.59 Å². The van der Waals surface area contributed by atoms with E-state index in [0.29, 0.717) is 11.4 Å². The first-order chi connectivity index (χ1) is 10.9. The van der Waals surface area contributed by atoms with Crippen LogP contribution in [0.4, 0.5) is 5.69 Å². The monoisotopic (exact) mass is 329 g/mol. The number of aryl methyl sites for hydroxylation is 3. The molecule has 1 aromatic carbocycles. The number of anilines is 1. The molecule has 0 saturated heterocycles. The van der Waals surface area contributed by atoms with Crippen molar-refractivity contribution in [2.75, 3.05) is 5.32 Å². The highest BCUT2D eigenvalue weighted by molar-refractivity contribution is 7.12. The number of rotatable bonds is 3. The molecular weight excluding hydrogens is 310 g/mol. The standard InChI is InChI=1S/C17H19N3O2S/c1-10-5-7-14(8-6-10)18-16(21)17(22)20-19-12(3)15-9-11(2)23-13(15)4/h5-9H,1-4H3,(H,18,21)(H,20,22)/b19-12-. The van der Waals surface area contributed by atoms with Crippen molar-refractivity contribution in [3.8, 4) is 0 Å². The van der Waals surface area contributed by atoms with Crippen LogP contribution < -0.4 is 10.7 Å². The second kappa shape index (κ2) is 7.19. The summed E-state index contributed by atoms with van der Waals surface area (Å²) in [6.45, 7) is 7.76. The molecule has 2 amide bonds. The third-order valence-corrected chi connectivity index (χ3v) is 4.24. The first-order valence-corrected chi connectivity index (χ1v) is 7.98. The van der Waals surface area contributed by atoms with Gasteiger partial charge in [-0.25, -0.2) is 5.43 Å². The third kappa shape index (κ3) is 4.50. The summed E-state index contributed by atoms with van der Waals surface area (Å²) in [5.74, 6) is -1.54. The van der Waals surface area contributed by atoms with Crippen LogP contribution in [0.5, 0.6) is 0 Å². The van der Waals surface area contributed by atoms with Gasteiger partial charge in [-0.3, -0.25) is 9.59 Å². The van der Waals surface area contributed by atoms with Crippen LogP contribution >= 0.6 is 11.3 Å². The van der Waals surface area contributed by atoms with Crippen molar-refractivity contribution >= 4 is 34.6 Å². The molecule has 2 rings (SSSR count). The van der Waals surface area contributed by atoms with Crippen LogP contribution in [0.15, 0.2) is 35.4 Å². The van der Waals surface area contributed by atoms with Crippen LogP contribution in [0.1, 0.15) is 27.8 Å². The Morgan fingerprint density at radius 1 is 1.04 bits per heavy atom. The average molecular weight is 329 g/mol. The van der Waals surface area contributed by atoms with Crippen molar-refractivity contribution in [3.05, 3.63) is 51.2 Å². The zero-order valence-corrected chi connectivity index (χ0v) is 14.4. The highest BCUT2D eigenvalue weighted by atomic mass is 32.1. The first-order valence-electron chi connectivity index (χ1n) is 7.16. The van der Waals surface area contributed by atoms with E-state index in [2.05, 4.69) is 15.8 Å². The van der Waals surface area contributed by atoms with E-state index >= 15 is 0 Å². The summed E-state index contributed by atoms with van der Waals surface area (Å²) < 4.78 is 0. The van der Waals surface area contributed by atoms with Gasteiger partial charge in [-0.15, -0.1) is 11.3 Å². The molecule has 0 aliphatic heterocycles. The minimum absolute atomic E-state index is 0.570. The Hall–Kier alpha value is -2.47. The number of carbonyl (C=O) groups is 2. The van der Waals surface area contributed by atoms with Crippen molar-refractivity contribution in [3.63, 3.8) is 0 Å². The SMILES string of the molecule is C/C(=N/NC(=O)C(=O)Nc1ccc(C)cc1)c1cc(C)sc1C. The molecule has 0 aliphatic carbocycles. The number of carbonyl (C=O) groups excluding carboxylic acids is 2. The van der Waals surface area contributed by atoms with E-state index in [1.807, 2.05) is 39.0 Å². The van der Waals surface area contributed by atoms with Crippen molar-refractivity contribution in [2.24, 2.45) is 5.10 Å². The summed E-state index contributed by atoms with van der Waals surface area (Å²) in [5.41, 5.74) is 5.59. The van der Waals surface area contributed by atoms with Crippen LogP contribution in [0.2, 0.25) is 0 Å². The summed E-state index contributed by atoms with van der Waals surface area (Å²) >= 11 is 1.67. The second-order valence-electron chi connectivity index (χ2n) is 5.29. The number of nitrogens with one attached hydrogen (secondary N) is 2. The number of hydrazone groups is 1. The summed E-state index contributed by atoms with van der Waals surface area (Å²) in [5, 5.41) is 6.54. The van der Waals surface area contributed by atoms with E-state index in [0.717, 1.165) is 16.0 Å². The average Bonchev–Trinajstić information content (AvgIpc) is 2.85. The Bertz CT molecular complexity index is 761. The van der Waals surface area contributed by atoms with Gasteiger partial charge in [0.25, 0.3) is 0 Å². The summed E-state index contributed by atoms with van der Waals surface area (Å²) in [6, 6.07) is 9.21. The van der Waals surface area contributed by atoms with Crippen LogP contribution in [0, 0.1) is 20.8 Å². The number of amides is 2. The van der Waals surface area contributed by atoms with Crippen LogP contribution in [-0.4, -0.2) is 17.5 Å². The molecule has 23 heavy (non-hydrogen) atoms. The van der Waals surface area contributed by atoms with Crippen molar-refractivity contribution < 1.29 is 9.59 Å². The largest absolute Gasteiger partial charge is 0.329 e. The van der Waals surface area contributed by atoms with Gasteiger partial charge in [0, 0.05) is 21.0 Å². The maximum absolute atomic E-state index is 11.8. The highest BCUT2D eigenvalue weighted by Gasteiger charge is 2.14. The van der Waals surface area contributed by atoms with Crippen LogP contribution in [0.25, 0.3) is 0 Å².